The second-order valence-electron chi connectivity index (χ2n) is 4.17. The van der Waals surface area contributed by atoms with E-state index in [0.29, 0.717) is 31.9 Å². The molecule has 1 aromatic heterocycles. The van der Waals surface area contributed by atoms with E-state index in [1.807, 2.05) is 0 Å². The second kappa shape index (κ2) is 8.38. The van der Waals surface area contributed by atoms with E-state index < -0.39 is 10.0 Å². The van der Waals surface area contributed by atoms with Crippen LogP contribution in [-0.2, 0) is 26.0 Å². The molecular formula is C12H22N2O5S. The Morgan fingerprint density at radius 1 is 1.20 bits per heavy atom. The number of furan rings is 1. The first-order valence-corrected chi connectivity index (χ1v) is 7.77. The fourth-order valence-corrected chi connectivity index (χ4v) is 3.06. The van der Waals surface area contributed by atoms with Crippen molar-refractivity contribution in [1.29, 1.82) is 0 Å². The topological polar surface area (TPSA) is 95.0 Å². The summed E-state index contributed by atoms with van der Waals surface area (Å²) in [5.41, 5.74) is 5.42. The summed E-state index contributed by atoms with van der Waals surface area (Å²) in [7, 11) is -0.563. The van der Waals surface area contributed by atoms with Crippen molar-refractivity contribution in [2.45, 2.75) is 18.1 Å². The standard InChI is InChI=1S/C12H22N2O5S/c1-17-8-3-6-14(7-9-18-2)20(15,16)12-5-4-11(10-13)19-12/h4-5H,3,6-10,13H2,1-2H3. The molecule has 0 aliphatic heterocycles. The first-order valence-electron chi connectivity index (χ1n) is 6.33. The van der Waals surface area contributed by atoms with E-state index in [9.17, 15) is 8.42 Å². The minimum absolute atomic E-state index is 0.0912. The first-order chi connectivity index (χ1) is 9.56. The Morgan fingerprint density at radius 2 is 1.90 bits per heavy atom. The molecule has 0 aliphatic rings. The molecule has 0 saturated heterocycles. The molecule has 1 heterocycles. The van der Waals surface area contributed by atoms with Crippen molar-refractivity contribution in [3.8, 4) is 0 Å². The maximum Gasteiger partial charge on any atom is 0.276 e. The molecule has 20 heavy (non-hydrogen) atoms. The third kappa shape index (κ3) is 4.57. The van der Waals surface area contributed by atoms with E-state index in [4.69, 9.17) is 19.6 Å². The molecule has 0 saturated carbocycles. The predicted octanol–water partition coefficient (Wildman–Crippen LogP) is 0.412. The van der Waals surface area contributed by atoms with Crippen molar-refractivity contribution < 1.29 is 22.3 Å². The molecule has 2 N–H and O–H groups in total. The quantitative estimate of drug-likeness (QED) is 0.629. The highest BCUT2D eigenvalue weighted by atomic mass is 32.2. The largest absolute Gasteiger partial charge is 0.447 e. The van der Waals surface area contributed by atoms with Crippen LogP contribution in [0, 0.1) is 0 Å². The molecular weight excluding hydrogens is 284 g/mol. The Hall–Kier alpha value is -0.930. The van der Waals surface area contributed by atoms with Crippen LogP contribution in [0.25, 0.3) is 0 Å². The summed E-state index contributed by atoms with van der Waals surface area (Å²) in [6, 6.07) is 2.99. The van der Waals surface area contributed by atoms with Crippen LogP contribution >= 0.6 is 0 Å². The highest BCUT2D eigenvalue weighted by molar-refractivity contribution is 7.89. The third-order valence-corrected chi connectivity index (χ3v) is 4.51. The van der Waals surface area contributed by atoms with Crippen molar-refractivity contribution in [1.82, 2.24) is 4.31 Å². The molecule has 0 atom stereocenters. The van der Waals surface area contributed by atoms with Gasteiger partial charge in [0.2, 0.25) is 5.09 Å². The van der Waals surface area contributed by atoms with Crippen LogP contribution in [-0.4, -0.2) is 53.2 Å². The normalized spacial score (nSPS) is 12.2. The lowest BCUT2D eigenvalue weighted by atomic mass is 10.4. The highest BCUT2D eigenvalue weighted by Gasteiger charge is 2.27. The molecule has 0 spiro atoms. The number of rotatable bonds is 10. The molecule has 0 radical (unpaired) electrons. The van der Waals surface area contributed by atoms with Gasteiger partial charge in [0.05, 0.1) is 13.2 Å². The van der Waals surface area contributed by atoms with Gasteiger partial charge in [-0.25, -0.2) is 8.42 Å². The van der Waals surface area contributed by atoms with Gasteiger partial charge in [0.15, 0.2) is 0 Å². The number of hydrogen-bond donors (Lipinski definition) is 1. The molecule has 7 nitrogen and oxygen atoms in total. The molecule has 1 aromatic rings. The average molecular weight is 306 g/mol. The SMILES string of the molecule is COCCCN(CCOC)S(=O)(=O)c1ccc(CN)o1. The van der Waals surface area contributed by atoms with Crippen LogP contribution in [0.15, 0.2) is 21.6 Å². The molecule has 0 unspecified atom stereocenters. The lowest BCUT2D eigenvalue weighted by Gasteiger charge is -2.20. The zero-order valence-electron chi connectivity index (χ0n) is 11.9. The summed E-state index contributed by atoms with van der Waals surface area (Å²) in [6.07, 6.45) is 0.601. The average Bonchev–Trinajstić information content (AvgIpc) is 2.92. The van der Waals surface area contributed by atoms with Crippen molar-refractivity contribution in [3.05, 3.63) is 17.9 Å². The minimum Gasteiger partial charge on any atom is -0.447 e. The van der Waals surface area contributed by atoms with Crippen LogP contribution < -0.4 is 5.73 Å². The Kier molecular flexibility index (Phi) is 7.17. The van der Waals surface area contributed by atoms with Gasteiger partial charge in [-0.1, -0.05) is 0 Å². The van der Waals surface area contributed by atoms with Gasteiger partial charge >= 0.3 is 0 Å². The van der Waals surface area contributed by atoms with Crippen LogP contribution in [0.5, 0.6) is 0 Å². The summed E-state index contributed by atoms with van der Waals surface area (Å²) in [6.45, 7) is 1.58. The third-order valence-electron chi connectivity index (χ3n) is 2.73. The van der Waals surface area contributed by atoms with E-state index in [2.05, 4.69) is 0 Å². The number of methoxy groups -OCH3 is 2. The zero-order valence-corrected chi connectivity index (χ0v) is 12.7. The van der Waals surface area contributed by atoms with Gasteiger partial charge in [-0.15, -0.1) is 0 Å². The summed E-state index contributed by atoms with van der Waals surface area (Å²) in [4.78, 5) is 0. The fraction of sp³-hybridized carbons (Fsp3) is 0.667. The smallest absolute Gasteiger partial charge is 0.276 e. The van der Waals surface area contributed by atoms with E-state index in [-0.39, 0.29) is 18.2 Å². The fourth-order valence-electron chi connectivity index (χ4n) is 1.66. The molecule has 0 aliphatic carbocycles. The molecule has 0 amide bonds. The van der Waals surface area contributed by atoms with Gasteiger partial charge in [0, 0.05) is 33.9 Å². The van der Waals surface area contributed by atoms with Gasteiger partial charge in [0.1, 0.15) is 5.76 Å². The molecule has 1 rings (SSSR count). The lowest BCUT2D eigenvalue weighted by molar-refractivity contribution is 0.163. The Labute approximate surface area is 119 Å². The molecule has 0 aromatic carbocycles. The zero-order chi connectivity index (χ0) is 15.0. The van der Waals surface area contributed by atoms with E-state index >= 15 is 0 Å². The number of nitrogens with two attached hydrogens (primary N) is 1. The summed E-state index contributed by atoms with van der Waals surface area (Å²) in [5.74, 6) is 0.437. The number of sulfonamides is 1. The Morgan fingerprint density at radius 3 is 2.45 bits per heavy atom. The summed E-state index contributed by atoms with van der Waals surface area (Å²) >= 11 is 0. The van der Waals surface area contributed by atoms with Crippen LogP contribution in [0.3, 0.4) is 0 Å². The maximum absolute atomic E-state index is 12.5. The predicted molar refractivity (Wildman–Crippen MR) is 73.7 cm³/mol. The number of ether oxygens (including phenoxy) is 2. The van der Waals surface area contributed by atoms with E-state index in [1.165, 1.54) is 17.5 Å². The van der Waals surface area contributed by atoms with Crippen LogP contribution in [0.1, 0.15) is 12.2 Å². The second-order valence-corrected chi connectivity index (χ2v) is 6.04. The van der Waals surface area contributed by atoms with Crippen LogP contribution in [0.4, 0.5) is 0 Å². The molecule has 116 valence electrons. The summed E-state index contributed by atoms with van der Waals surface area (Å²) in [5, 5.41) is -0.0912. The Balaban J connectivity index is 2.85. The Bertz CT molecular complexity index is 486. The lowest BCUT2D eigenvalue weighted by Crippen LogP contribution is -2.35. The number of nitrogens with zero attached hydrogens (tertiary/aromatic N) is 1. The van der Waals surface area contributed by atoms with Crippen LogP contribution in [0.2, 0.25) is 0 Å². The highest BCUT2D eigenvalue weighted by Crippen LogP contribution is 2.18. The van der Waals surface area contributed by atoms with Gasteiger partial charge in [0.25, 0.3) is 10.0 Å². The number of hydrogen-bond acceptors (Lipinski definition) is 6. The molecule has 8 heteroatoms. The minimum atomic E-state index is -3.67. The monoisotopic (exact) mass is 306 g/mol. The van der Waals surface area contributed by atoms with Crippen molar-refractivity contribution >= 4 is 10.0 Å². The first kappa shape index (κ1) is 17.1. The van der Waals surface area contributed by atoms with E-state index in [1.54, 1.807) is 13.2 Å². The van der Waals surface area contributed by atoms with Gasteiger partial charge in [-0.05, 0) is 18.6 Å². The van der Waals surface area contributed by atoms with Gasteiger partial charge in [-0.3, -0.25) is 0 Å². The van der Waals surface area contributed by atoms with E-state index in [0.717, 1.165) is 0 Å². The van der Waals surface area contributed by atoms with Crippen molar-refractivity contribution in [2.24, 2.45) is 5.73 Å². The molecule has 0 bridgehead atoms. The maximum atomic E-state index is 12.5. The van der Waals surface area contributed by atoms with Crippen molar-refractivity contribution in [2.75, 3.05) is 40.5 Å². The molecule has 0 fully saturated rings. The van der Waals surface area contributed by atoms with Gasteiger partial charge < -0.3 is 19.6 Å². The summed E-state index contributed by atoms with van der Waals surface area (Å²) < 4.78 is 41.4. The van der Waals surface area contributed by atoms with Crippen molar-refractivity contribution in [3.63, 3.8) is 0 Å². The van der Waals surface area contributed by atoms with Gasteiger partial charge in [-0.2, -0.15) is 4.31 Å².